The molecule has 3 rings (SSSR count). The lowest BCUT2D eigenvalue weighted by atomic mass is 10.1. The topological polar surface area (TPSA) is 84.5 Å². The molecule has 6 nitrogen and oxygen atoms in total. The van der Waals surface area contributed by atoms with Crippen molar-refractivity contribution < 1.29 is 23.5 Å². The third kappa shape index (κ3) is 7.14. The Bertz CT molecular complexity index is 1130. The number of halogens is 1. The molecule has 0 saturated carbocycles. The molecule has 33 heavy (non-hydrogen) atoms. The standard InChI is InChI=1S/C26H23FN2O4/c1-18(26(32)33-17-20-8-4-2-5-9-20)28-25(31)23(16-19-12-14-22(27)15-13-19)29-24(30)21-10-6-3-7-11-21/h2-16,18H,17H2,1H3,(H,28,31)(H,29,30)/b23-16-. The monoisotopic (exact) mass is 446 g/mol. The van der Waals surface area contributed by atoms with Crippen molar-refractivity contribution in [3.63, 3.8) is 0 Å². The number of amides is 2. The van der Waals surface area contributed by atoms with Crippen molar-refractivity contribution in [1.82, 2.24) is 10.6 Å². The average Bonchev–Trinajstić information content (AvgIpc) is 2.84. The zero-order valence-electron chi connectivity index (χ0n) is 18.0. The lowest BCUT2D eigenvalue weighted by molar-refractivity contribution is -0.148. The number of ether oxygens (including phenoxy) is 1. The molecule has 0 saturated heterocycles. The second-order valence-electron chi connectivity index (χ2n) is 7.22. The number of carbonyl (C=O) groups excluding carboxylic acids is 3. The quantitative estimate of drug-likeness (QED) is 0.407. The lowest BCUT2D eigenvalue weighted by Gasteiger charge is -2.16. The minimum absolute atomic E-state index is 0.0723. The lowest BCUT2D eigenvalue weighted by Crippen LogP contribution is -2.43. The maximum Gasteiger partial charge on any atom is 0.328 e. The van der Waals surface area contributed by atoms with Crippen molar-refractivity contribution in [2.24, 2.45) is 0 Å². The van der Waals surface area contributed by atoms with Crippen LogP contribution in [0.25, 0.3) is 6.08 Å². The van der Waals surface area contributed by atoms with E-state index in [1.165, 1.54) is 37.3 Å². The molecule has 0 aliphatic rings. The number of carbonyl (C=O) groups is 3. The van der Waals surface area contributed by atoms with Gasteiger partial charge in [0.05, 0.1) is 0 Å². The van der Waals surface area contributed by atoms with Crippen molar-refractivity contribution in [2.75, 3.05) is 0 Å². The average molecular weight is 446 g/mol. The van der Waals surface area contributed by atoms with Crippen LogP contribution in [0.4, 0.5) is 4.39 Å². The Hall–Kier alpha value is -4.26. The van der Waals surface area contributed by atoms with Crippen LogP contribution < -0.4 is 10.6 Å². The van der Waals surface area contributed by atoms with Crippen LogP contribution in [0.5, 0.6) is 0 Å². The van der Waals surface area contributed by atoms with Gasteiger partial charge in [0, 0.05) is 5.56 Å². The SMILES string of the molecule is CC(NC(=O)/C(=C/c1ccc(F)cc1)NC(=O)c1ccccc1)C(=O)OCc1ccccc1. The highest BCUT2D eigenvalue weighted by Gasteiger charge is 2.21. The van der Waals surface area contributed by atoms with Crippen molar-refractivity contribution in [3.8, 4) is 0 Å². The van der Waals surface area contributed by atoms with E-state index in [1.807, 2.05) is 30.3 Å². The van der Waals surface area contributed by atoms with E-state index in [2.05, 4.69) is 10.6 Å². The molecule has 2 amide bonds. The molecule has 0 heterocycles. The van der Waals surface area contributed by atoms with E-state index in [1.54, 1.807) is 30.3 Å². The van der Waals surface area contributed by atoms with Gasteiger partial charge in [-0.15, -0.1) is 0 Å². The van der Waals surface area contributed by atoms with E-state index in [0.29, 0.717) is 11.1 Å². The number of benzene rings is 3. The molecule has 168 valence electrons. The molecule has 0 radical (unpaired) electrons. The second kappa shape index (κ2) is 11.4. The Morgan fingerprint density at radius 2 is 1.52 bits per heavy atom. The third-order valence-electron chi connectivity index (χ3n) is 4.63. The molecule has 7 heteroatoms. The molecule has 0 aromatic heterocycles. The maximum atomic E-state index is 13.2. The molecule has 0 fully saturated rings. The normalized spacial score (nSPS) is 11.9. The summed E-state index contributed by atoms with van der Waals surface area (Å²) in [5.41, 5.74) is 1.56. The van der Waals surface area contributed by atoms with E-state index < -0.39 is 29.6 Å². The van der Waals surface area contributed by atoms with Crippen LogP contribution >= 0.6 is 0 Å². The van der Waals surface area contributed by atoms with Gasteiger partial charge in [-0.3, -0.25) is 9.59 Å². The minimum Gasteiger partial charge on any atom is -0.459 e. The first kappa shape index (κ1) is 23.4. The summed E-state index contributed by atoms with van der Waals surface area (Å²) in [5, 5.41) is 5.10. The predicted octanol–water partition coefficient (Wildman–Crippen LogP) is 3.84. The number of hydrogen-bond acceptors (Lipinski definition) is 4. The minimum atomic E-state index is -0.966. The van der Waals surface area contributed by atoms with Gasteiger partial charge in [-0.05, 0) is 48.4 Å². The van der Waals surface area contributed by atoms with Gasteiger partial charge in [0.25, 0.3) is 11.8 Å². The van der Waals surface area contributed by atoms with Crippen LogP contribution in [0, 0.1) is 5.82 Å². The first-order chi connectivity index (χ1) is 15.9. The molecule has 1 unspecified atom stereocenters. The Labute approximate surface area is 191 Å². The largest absolute Gasteiger partial charge is 0.459 e. The highest BCUT2D eigenvalue weighted by molar-refractivity contribution is 6.06. The fourth-order valence-electron chi connectivity index (χ4n) is 2.86. The van der Waals surface area contributed by atoms with Gasteiger partial charge in [0.2, 0.25) is 0 Å². The Balaban J connectivity index is 1.71. The molecule has 3 aromatic rings. The first-order valence-corrected chi connectivity index (χ1v) is 10.3. The highest BCUT2D eigenvalue weighted by Crippen LogP contribution is 2.10. The van der Waals surface area contributed by atoms with Crippen LogP contribution in [0.2, 0.25) is 0 Å². The van der Waals surface area contributed by atoms with Crippen LogP contribution in [0.3, 0.4) is 0 Å². The Morgan fingerprint density at radius 1 is 0.909 bits per heavy atom. The van der Waals surface area contributed by atoms with Gasteiger partial charge < -0.3 is 15.4 Å². The smallest absolute Gasteiger partial charge is 0.328 e. The summed E-state index contributed by atoms with van der Waals surface area (Å²) >= 11 is 0. The van der Waals surface area contributed by atoms with E-state index in [4.69, 9.17) is 4.74 Å². The summed E-state index contributed by atoms with van der Waals surface area (Å²) in [6, 6.07) is 22.0. The molecule has 0 spiro atoms. The van der Waals surface area contributed by atoms with Crippen LogP contribution in [-0.4, -0.2) is 23.8 Å². The van der Waals surface area contributed by atoms with Gasteiger partial charge in [-0.1, -0.05) is 60.7 Å². The van der Waals surface area contributed by atoms with Gasteiger partial charge in [0.15, 0.2) is 0 Å². The summed E-state index contributed by atoms with van der Waals surface area (Å²) in [7, 11) is 0. The number of hydrogen-bond donors (Lipinski definition) is 2. The predicted molar refractivity (Wildman–Crippen MR) is 122 cm³/mol. The molecule has 1 atom stereocenters. The summed E-state index contributed by atoms with van der Waals surface area (Å²) in [5.74, 6) is -2.24. The molecular weight excluding hydrogens is 423 g/mol. The number of esters is 1. The molecule has 2 N–H and O–H groups in total. The summed E-state index contributed by atoms with van der Waals surface area (Å²) < 4.78 is 18.5. The van der Waals surface area contributed by atoms with Gasteiger partial charge >= 0.3 is 5.97 Å². The van der Waals surface area contributed by atoms with Gasteiger partial charge in [-0.2, -0.15) is 0 Å². The van der Waals surface area contributed by atoms with Gasteiger partial charge in [-0.25, -0.2) is 9.18 Å². The third-order valence-corrected chi connectivity index (χ3v) is 4.63. The molecular formula is C26H23FN2O4. The Morgan fingerprint density at radius 3 is 2.15 bits per heavy atom. The molecule has 0 aliphatic carbocycles. The van der Waals surface area contributed by atoms with Crippen molar-refractivity contribution in [3.05, 3.63) is 113 Å². The van der Waals surface area contributed by atoms with Gasteiger partial charge in [0.1, 0.15) is 24.2 Å². The van der Waals surface area contributed by atoms with Crippen LogP contribution in [-0.2, 0) is 20.9 Å². The summed E-state index contributed by atoms with van der Waals surface area (Å²) in [6.45, 7) is 1.56. The molecule has 0 bridgehead atoms. The van der Waals surface area contributed by atoms with Crippen LogP contribution in [0.1, 0.15) is 28.4 Å². The van der Waals surface area contributed by atoms with Crippen molar-refractivity contribution >= 4 is 23.9 Å². The Kier molecular flexibility index (Phi) is 8.07. The fraction of sp³-hybridized carbons (Fsp3) is 0.115. The van der Waals surface area contributed by atoms with E-state index in [-0.39, 0.29) is 12.3 Å². The van der Waals surface area contributed by atoms with E-state index in [9.17, 15) is 18.8 Å². The zero-order chi connectivity index (χ0) is 23.6. The van der Waals surface area contributed by atoms with Crippen molar-refractivity contribution in [1.29, 1.82) is 0 Å². The zero-order valence-corrected chi connectivity index (χ0v) is 18.0. The highest BCUT2D eigenvalue weighted by atomic mass is 19.1. The fourth-order valence-corrected chi connectivity index (χ4v) is 2.86. The second-order valence-corrected chi connectivity index (χ2v) is 7.22. The molecule has 0 aliphatic heterocycles. The molecule has 3 aromatic carbocycles. The summed E-state index contributed by atoms with van der Waals surface area (Å²) in [4.78, 5) is 37.8. The van der Waals surface area contributed by atoms with Crippen molar-refractivity contribution in [2.45, 2.75) is 19.6 Å². The first-order valence-electron chi connectivity index (χ1n) is 10.3. The number of rotatable bonds is 8. The van der Waals surface area contributed by atoms with E-state index in [0.717, 1.165) is 5.56 Å². The van der Waals surface area contributed by atoms with E-state index >= 15 is 0 Å². The summed E-state index contributed by atoms with van der Waals surface area (Å²) in [6.07, 6.45) is 1.40. The number of nitrogens with one attached hydrogen (secondary N) is 2. The van der Waals surface area contributed by atoms with Crippen LogP contribution in [0.15, 0.2) is 90.6 Å². The maximum absolute atomic E-state index is 13.2.